The molecule has 1 aromatic rings. The fourth-order valence-corrected chi connectivity index (χ4v) is 2.04. The van der Waals surface area contributed by atoms with Crippen LogP contribution in [0, 0.1) is 17.0 Å². The second-order valence-electron chi connectivity index (χ2n) is 3.86. The molecular formula is C10H18N6O2S. The lowest BCUT2D eigenvalue weighted by Crippen LogP contribution is -2.15. The summed E-state index contributed by atoms with van der Waals surface area (Å²) in [6, 6.07) is 0. The zero-order valence-corrected chi connectivity index (χ0v) is 11.8. The number of aromatic nitrogens is 2. The average molecular weight is 286 g/mol. The summed E-state index contributed by atoms with van der Waals surface area (Å²) < 4.78 is 0. The van der Waals surface area contributed by atoms with Crippen LogP contribution in [-0.2, 0) is 0 Å². The van der Waals surface area contributed by atoms with E-state index in [0.29, 0.717) is 6.54 Å². The van der Waals surface area contributed by atoms with E-state index < -0.39 is 4.92 Å². The minimum absolute atomic E-state index is 0.108. The number of nitrogens with one attached hydrogen (secondary N) is 2. The van der Waals surface area contributed by atoms with Gasteiger partial charge in [0, 0.05) is 6.54 Å². The molecule has 1 heterocycles. The highest BCUT2D eigenvalue weighted by atomic mass is 32.2. The van der Waals surface area contributed by atoms with E-state index in [-0.39, 0.29) is 23.1 Å². The van der Waals surface area contributed by atoms with Crippen molar-refractivity contribution >= 4 is 29.2 Å². The van der Waals surface area contributed by atoms with Crippen molar-refractivity contribution in [2.45, 2.75) is 19.8 Å². The van der Waals surface area contributed by atoms with Crippen molar-refractivity contribution in [1.82, 2.24) is 9.97 Å². The molecule has 0 fully saturated rings. The summed E-state index contributed by atoms with van der Waals surface area (Å²) >= 11 is 1.78. The molecule has 0 amide bonds. The van der Waals surface area contributed by atoms with E-state index in [1.54, 1.807) is 18.7 Å². The summed E-state index contributed by atoms with van der Waals surface area (Å²) in [5.74, 6) is 6.67. The predicted molar refractivity (Wildman–Crippen MR) is 77.3 cm³/mol. The van der Waals surface area contributed by atoms with Gasteiger partial charge in [0.1, 0.15) is 5.69 Å². The van der Waals surface area contributed by atoms with Crippen molar-refractivity contribution in [3.63, 3.8) is 0 Å². The van der Waals surface area contributed by atoms with Crippen LogP contribution in [0.15, 0.2) is 0 Å². The Balaban J connectivity index is 2.78. The van der Waals surface area contributed by atoms with Gasteiger partial charge in [-0.05, 0) is 31.8 Å². The Labute approximate surface area is 115 Å². The van der Waals surface area contributed by atoms with E-state index in [1.807, 2.05) is 6.26 Å². The van der Waals surface area contributed by atoms with Crippen molar-refractivity contribution in [3.8, 4) is 0 Å². The fourth-order valence-electron chi connectivity index (χ4n) is 1.55. The van der Waals surface area contributed by atoms with E-state index in [2.05, 4.69) is 20.7 Å². The standard InChI is InChI=1S/C10H18N6O2S/c1-7-8(16(17)18)9(14-10(13-7)15-11)12-5-3-4-6-19-2/h3-6,11H2,1-2H3,(H2,12,13,14,15). The molecule has 0 atom stereocenters. The SMILES string of the molecule is CSCCCCNc1nc(NN)nc(C)c1[N+](=O)[O-]. The second-order valence-corrected chi connectivity index (χ2v) is 4.84. The number of nitro groups is 1. The molecule has 0 aromatic carbocycles. The van der Waals surface area contributed by atoms with Crippen LogP contribution in [-0.4, -0.2) is 33.4 Å². The van der Waals surface area contributed by atoms with Crippen LogP contribution in [0.25, 0.3) is 0 Å². The molecule has 9 heteroatoms. The molecule has 19 heavy (non-hydrogen) atoms. The number of hydrogen-bond donors (Lipinski definition) is 3. The van der Waals surface area contributed by atoms with E-state index in [0.717, 1.165) is 18.6 Å². The molecule has 0 aliphatic rings. The van der Waals surface area contributed by atoms with Gasteiger partial charge in [0.2, 0.25) is 11.8 Å². The highest BCUT2D eigenvalue weighted by Gasteiger charge is 2.21. The number of hydrogen-bond acceptors (Lipinski definition) is 8. The van der Waals surface area contributed by atoms with Crippen molar-refractivity contribution in [2.24, 2.45) is 5.84 Å². The van der Waals surface area contributed by atoms with Gasteiger partial charge in [-0.15, -0.1) is 0 Å². The first-order chi connectivity index (χ1) is 9.10. The smallest absolute Gasteiger partial charge is 0.332 e. The van der Waals surface area contributed by atoms with Crippen LogP contribution in [0.1, 0.15) is 18.5 Å². The van der Waals surface area contributed by atoms with Crippen LogP contribution in [0.3, 0.4) is 0 Å². The van der Waals surface area contributed by atoms with Gasteiger partial charge >= 0.3 is 5.69 Å². The Kier molecular flexibility index (Phi) is 6.30. The Morgan fingerprint density at radius 3 is 2.74 bits per heavy atom. The summed E-state index contributed by atoms with van der Waals surface area (Å²) in [6.45, 7) is 2.18. The first kappa shape index (κ1) is 15.4. The molecule has 0 aliphatic carbocycles. The topological polar surface area (TPSA) is 119 Å². The number of unbranched alkanes of at least 4 members (excludes halogenated alkanes) is 1. The highest BCUT2D eigenvalue weighted by Crippen LogP contribution is 2.26. The quantitative estimate of drug-likeness (QED) is 0.285. The number of thioether (sulfide) groups is 1. The molecule has 4 N–H and O–H groups in total. The van der Waals surface area contributed by atoms with Crippen molar-refractivity contribution in [1.29, 1.82) is 0 Å². The summed E-state index contributed by atoms with van der Waals surface area (Å²) in [5.41, 5.74) is 2.47. The maximum atomic E-state index is 11.0. The largest absolute Gasteiger partial charge is 0.364 e. The van der Waals surface area contributed by atoms with Crippen molar-refractivity contribution in [2.75, 3.05) is 29.3 Å². The molecule has 0 aliphatic heterocycles. The van der Waals surface area contributed by atoms with Gasteiger partial charge in [0.25, 0.3) is 0 Å². The molecule has 0 bridgehead atoms. The van der Waals surface area contributed by atoms with E-state index in [4.69, 9.17) is 5.84 Å². The van der Waals surface area contributed by atoms with E-state index in [1.165, 1.54) is 0 Å². The normalized spacial score (nSPS) is 10.3. The van der Waals surface area contributed by atoms with Crippen molar-refractivity contribution < 1.29 is 4.92 Å². The van der Waals surface area contributed by atoms with Crippen LogP contribution in [0.2, 0.25) is 0 Å². The minimum Gasteiger partial charge on any atom is -0.364 e. The third kappa shape index (κ3) is 4.52. The number of nitrogens with zero attached hydrogens (tertiary/aromatic N) is 3. The van der Waals surface area contributed by atoms with Gasteiger partial charge < -0.3 is 5.32 Å². The molecule has 8 nitrogen and oxygen atoms in total. The molecule has 0 saturated heterocycles. The molecular weight excluding hydrogens is 268 g/mol. The lowest BCUT2D eigenvalue weighted by atomic mass is 10.3. The van der Waals surface area contributed by atoms with Crippen molar-refractivity contribution in [3.05, 3.63) is 15.8 Å². The van der Waals surface area contributed by atoms with Crippen LogP contribution in [0.5, 0.6) is 0 Å². The molecule has 0 unspecified atom stereocenters. The monoisotopic (exact) mass is 286 g/mol. The van der Waals surface area contributed by atoms with E-state index >= 15 is 0 Å². The number of nitrogens with two attached hydrogens (primary N) is 1. The highest BCUT2D eigenvalue weighted by molar-refractivity contribution is 7.98. The van der Waals surface area contributed by atoms with Gasteiger partial charge in [-0.25, -0.2) is 10.8 Å². The molecule has 0 saturated carbocycles. The van der Waals surface area contributed by atoms with Crippen LogP contribution >= 0.6 is 11.8 Å². The van der Waals surface area contributed by atoms with Crippen LogP contribution < -0.4 is 16.6 Å². The Hall–Kier alpha value is -1.61. The Morgan fingerprint density at radius 1 is 1.42 bits per heavy atom. The second kappa shape index (κ2) is 7.74. The number of rotatable bonds is 8. The summed E-state index contributed by atoms with van der Waals surface area (Å²) in [6.07, 6.45) is 4.02. The van der Waals surface area contributed by atoms with Gasteiger partial charge in [0.15, 0.2) is 0 Å². The molecule has 0 spiro atoms. The maximum Gasteiger partial charge on any atom is 0.332 e. The first-order valence-electron chi connectivity index (χ1n) is 5.82. The summed E-state index contributed by atoms with van der Waals surface area (Å²) in [7, 11) is 0. The number of hydrazine groups is 1. The lowest BCUT2D eigenvalue weighted by molar-refractivity contribution is -0.385. The number of nitrogen functional groups attached to an aromatic ring is 1. The lowest BCUT2D eigenvalue weighted by Gasteiger charge is -2.09. The molecule has 1 rings (SSSR count). The Morgan fingerprint density at radius 2 is 2.16 bits per heavy atom. The Bertz CT molecular complexity index is 442. The van der Waals surface area contributed by atoms with Gasteiger partial charge in [-0.3, -0.25) is 15.5 Å². The molecule has 1 aromatic heterocycles. The van der Waals surface area contributed by atoms with Gasteiger partial charge in [0.05, 0.1) is 4.92 Å². The fraction of sp³-hybridized carbons (Fsp3) is 0.600. The molecule has 106 valence electrons. The summed E-state index contributed by atoms with van der Waals surface area (Å²) in [4.78, 5) is 18.4. The first-order valence-corrected chi connectivity index (χ1v) is 7.22. The third-order valence-electron chi connectivity index (χ3n) is 2.44. The minimum atomic E-state index is -0.486. The van der Waals surface area contributed by atoms with Crippen LogP contribution in [0.4, 0.5) is 17.5 Å². The molecule has 0 radical (unpaired) electrons. The zero-order chi connectivity index (χ0) is 14.3. The number of anilines is 2. The van der Waals surface area contributed by atoms with Gasteiger partial charge in [-0.2, -0.15) is 16.7 Å². The number of aryl methyl sites for hydroxylation is 1. The summed E-state index contributed by atoms with van der Waals surface area (Å²) in [5, 5.41) is 14.0. The average Bonchev–Trinajstić information content (AvgIpc) is 2.37. The zero-order valence-electron chi connectivity index (χ0n) is 11.0. The maximum absolute atomic E-state index is 11.0. The third-order valence-corrected chi connectivity index (χ3v) is 3.13. The van der Waals surface area contributed by atoms with E-state index in [9.17, 15) is 10.1 Å². The predicted octanol–water partition coefficient (Wildman–Crippen LogP) is 1.53. The van der Waals surface area contributed by atoms with Gasteiger partial charge in [-0.1, -0.05) is 0 Å².